The first-order valence-electron chi connectivity index (χ1n) is 9.16. The minimum Gasteiger partial charge on any atom is -0.153 e. The molecule has 0 bridgehead atoms. The van der Waals surface area contributed by atoms with Gasteiger partial charge in [-0.1, -0.05) is 114 Å². The SMILES string of the molecule is CC.CC.CCCCCCCSSCCCCCCC.P.P. The van der Waals surface area contributed by atoms with Crippen molar-refractivity contribution in [3.8, 4) is 0 Å². The zero-order valence-electron chi connectivity index (χ0n) is 16.7. The van der Waals surface area contributed by atoms with E-state index in [0.29, 0.717) is 0 Å². The first kappa shape index (κ1) is 34.8. The third-order valence-electron chi connectivity index (χ3n) is 2.75. The predicted molar refractivity (Wildman–Crippen MR) is 127 cm³/mol. The number of rotatable bonds is 13. The summed E-state index contributed by atoms with van der Waals surface area (Å²) in [4.78, 5) is 0. The van der Waals surface area contributed by atoms with Crippen molar-refractivity contribution in [3.63, 3.8) is 0 Å². The molecule has 0 fully saturated rings. The van der Waals surface area contributed by atoms with Crippen LogP contribution in [0.3, 0.4) is 0 Å². The van der Waals surface area contributed by atoms with Gasteiger partial charge in [0.2, 0.25) is 0 Å². The van der Waals surface area contributed by atoms with Crippen molar-refractivity contribution in [1.29, 1.82) is 0 Å². The van der Waals surface area contributed by atoms with Gasteiger partial charge in [-0.3, -0.25) is 0 Å². The van der Waals surface area contributed by atoms with Crippen LogP contribution in [0, 0.1) is 0 Å². The van der Waals surface area contributed by atoms with Gasteiger partial charge in [-0.15, -0.1) is 0 Å². The lowest BCUT2D eigenvalue weighted by Crippen LogP contribution is -1.82. The van der Waals surface area contributed by atoms with Gasteiger partial charge in [0, 0.05) is 11.5 Å². The summed E-state index contributed by atoms with van der Waals surface area (Å²) in [5, 5.41) is 0. The Morgan fingerprint density at radius 2 is 0.727 bits per heavy atom. The number of hydrogen-bond acceptors (Lipinski definition) is 2. The average molecular weight is 391 g/mol. The Morgan fingerprint density at radius 3 is 1.00 bits per heavy atom. The average Bonchev–Trinajstić information content (AvgIpc) is 2.52. The molecule has 0 rings (SSSR count). The van der Waals surface area contributed by atoms with Crippen LogP contribution in [0.1, 0.15) is 106 Å². The normalized spacial score (nSPS) is 8.45. The first-order chi connectivity index (χ1) is 9.91. The molecule has 0 aromatic rings. The van der Waals surface area contributed by atoms with Crippen LogP contribution in [0.2, 0.25) is 0 Å². The number of hydrogen-bond donors (Lipinski definition) is 0. The van der Waals surface area contributed by atoms with Crippen molar-refractivity contribution in [3.05, 3.63) is 0 Å². The molecule has 0 heterocycles. The highest BCUT2D eigenvalue weighted by Gasteiger charge is 1.93. The smallest absolute Gasteiger partial charge is 0.00369 e. The molecule has 0 amide bonds. The van der Waals surface area contributed by atoms with Crippen molar-refractivity contribution in [2.75, 3.05) is 11.5 Å². The van der Waals surface area contributed by atoms with Crippen molar-refractivity contribution in [2.45, 2.75) is 106 Å². The summed E-state index contributed by atoms with van der Waals surface area (Å²) < 4.78 is 0. The van der Waals surface area contributed by atoms with Crippen LogP contribution in [0.15, 0.2) is 0 Å². The predicted octanol–water partition coefficient (Wildman–Crippen LogP) is 8.48. The number of unbranched alkanes of at least 4 members (excludes halogenated alkanes) is 8. The minimum absolute atomic E-state index is 0. The summed E-state index contributed by atoms with van der Waals surface area (Å²) in [7, 11) is 4.18. The van der Waals surface area contributed by atoms with Crippen LogP contribution in [-0.2, 0) is 0 Å². The maximum Gasteiger partial charge on any atom is 0.00369 e. The van der Waals surface area contributed by atoms with E-state index >= 15 is 0 Å². The van der Waals surface area contributed by atoms with E-state index in [-0.39, 0.29) is 19.8 Å². The molecule has 4 heteroatoms. The highest BCUT2D eigenvalue weighted by atomic mass is 33.1. The zero-order valence-corrected chi connectivity index (χ0v) is 21.2. The summed E-state index contributed by atoms with van der Waals surface area (Å²) in [6.07, 6.45) is 14.2. The van der Waals surface area contributed by atoms with Crippen LogP contribution in [-0.4, -0.2) is 11.5 Å². The molecule has 2 unspecified atom stereocenters. The van der Waals surface area contributed by atoms with Gasteiger partial charge in [-0.25, -0.2) is 0 Å². The van der Waals surface area contributed by atoms with Crippen LogP contribution < -0.4 is 0 Å². The van der Waals surface area contributed by atoms with Crippen molar-refractivity contribution in [2.24, 2.45) is 0 Å². The highest BCUT2D eigenvalue weighted by molar-refractivity contribution is 8.76. The van der Waals surface area contributed by atoms with Crippen molar-refractivity contribution < 1.29 is 0 Å². The Hall–Kier alpha value is 1.56. The Kier molecular flexibility index (Phi) is 68.5. The van der Waals surface area contributed by atoms with Crippen LogP contribution in [0.25, 0.3) is 0 Å². The Labute approximate surface area is 158 Å². The molecule has 0 aromatic carbocycles. The molecule has 2 atom stereocenters. The van der Waals surface area contributed by atoms with Crippen LogP contribution in [0.5, 0.6) is 0 Å². The Balaban J connectivity index is -0.000000147. The van der Waals surface area contributed by atoms with E-state index in [1.807, 2.05) is 27.7 Å². The molecule has 0 saturated heterocycles. The molecule has 0 aliphatic carbocycles. The van der Waals surface area contributed by atoms with Crippen LogP contribution in [0.4, 0.5) is 0 Å². The van der Waals surface area contributed by atoms with E-state index in [4.69, 9.17) is 0 Å². The fourth-order valence-electron chi connectivity index (χ4n) is 1.65. The molecule has 0 saturated carbocycles. The first-order valence-corrected chi connectivity index (χ1v) is 11.6. The van der Waals surface area contributed by atoms with Crippen LogP contribution >= 0.6 is 41.4 Å². The van der Waals surface area contributed by atoms with E-state index in [1.54, 1.807) is 0 Å². The molecule has 0 nitrogen and oxygen atoms in total. The van der Waals surface area contributed by atoms with Gasteiger partial charge >= 0.3 is 0 Å². The van der Waals surface area contributed by atoms with Gasteiger partial charge in [0.1, 0.15) is 0 Å². The maximum absolute atomic E-state index is 2.28. The van der Waals surface area contributed by atoms with E-state index in [0.717, 1.165) is 0 Å². The van der Waals surface area contributed by atoms with E-state index in [9.17, 15) is 0 Å². The molecule has 0 aromatic heterocycles. The summed E-state index contributed by atoms with van der Waals surface area (Å²) >= 11 is 0. The Bertz CT molecular complexity index is 112. The van der Waals surface area contributed by atoms with Gasteiger partial charge in [0.05, 0.1) is 0 Å². The summed E-state index contributed by atoms with van der Waals surface area (Å²) in [5.41, 5.74) is 0. The van der Waals surface area contributed by atoms with Gasteiger partial charge in [-0.2, -0.15) is 19.8 Å². The third-order valence-corrected chi connectivity index (χ3v) is 5.32. The fourth-order valence-corrected chi connectivity index (χ4v) is 3.94. The largest absolute Gasteiger partial charge is 0.153 e. The van der Waals surface area contributed by atoms with E-state index in [1.165, 1.54) is 75.7 Å². The topological polar surface area (TPSA) is 0 Å². The maximum atomic E-state index is 2.28. The van der Waals surface area contributed by atoms with E-state index in [2.05, 4.69) is 35.4 Å². The second-order valence-electron chi connectivity index (χ2n) is 4.47. The lowest BCUT2D eigenvalue weighted by molar-refractivity contribution is 0.659. The molecule has 0 radical (unpaired) electrons. The molecular formula is C18H48P2S2. The molecular weight excluding hydrogens is 342 g/mol. The van der Waals surface area contributed by atoms with Crippen molar-refractivity contribution >= 4 is 41.4 Å². The summed E-state index contributed by atoms with van der Waals surface area (Å²) in [6.45, 7) is 12.6. The lowest BCUT2D eigenvalue weighted by Gasteiger charge is -2.01. The molecule has 0 spiro atoms. The zero-order chi connectivity index (χ0) is 15.9. The summed E-state index contributed by atoms with van der Waals surface area (Å²) in [5.74, 6) is 2.73. The monoisotopic (exact) mass is 390 g/mol. The van der Waals surface area contributed by atoms with E-state index < -0.39 is 0 Å². The molecule has 0 aliphatic rings. The quantitative estimate of drug-likeness (QED) is 0.176. The minimum atomic E-state index is 0. The standard InChI is InChI=1S/C14H30S2.2C2H6.2H3P/c1-3-5-7-9-11-13-15-16-14-12-10-8-6-4-2;2*1-2;;/h3-14H2,1-2H3;2*1-2H3;2*1H3. The molecule has 142 valence electrons. The van der Waals surface area contributed by atoms with Gasteiger partial charge in [-0.05, 0) is 12.8 Å². The summed E-state index contributed by atoms with van der Waals surface area (Å²) in [6, 6.07) is 0. The molecule has 0 N–H and O–H groups in total. The molecule has 0 aliphatic heterocycles. The molecule has 22 heavy (non-hydrogen) atoms. The fraction of sp³-hybridized carbons (Fsp3) is 1.00. The van der Waals surface area contributed by atoms with Crippen molar-refractivity contribution in [1.82, 2.24) is 0 Å². The Morgan fingerprint density at radius 1 is 0.455 bits per heavy atom. The second-order valence-corrected chi connectivity index (χ2v) is 7.17. The highest BCUT2D eigenvalue weighted by Crippen LogP contribution is 2.24. The second kappa shape index (κ2) is 43.3. The van der Waals surface area contributed by atoms with Gasteiger partial charge < -0.3 is 0 Å². The van der Waals surface area contributed by atoms with Gasteiger partial charge in [0.25, 0.3) is 0 Å². The lowest BCUT2D eigenvalue weighted by atomic mass is 10.2. The third kappa shape index (κ3) is 43.0. The van der Waals surface area contributed by atoms with Gasteiger partial charge in [0.15, 0.2) is 0 Å².